The summed E-state index contributed by atoms with van der Waals surface area (Å²) >= 11 is 5.99. The Kier molecular flexibility index (Phi) is 3.80. The van der Waals surface area contributed by atoms with E-state index in [1.807, 2.05) is 0 Å². The van der Waals surface area contributed by atoms with Crippen LogP contribution in [0.25, 0.3) is 10.9 Å². The number of ether oxygens (including phenoxy) is 1. The van der Waals surface area contributed by atoms with E-state index in [2.05, 4.69) is 0 Å². The van der Waals surface area contributed by atoms with Crippen molar-refractivity contribution in [2.75, 3.05) is 7.11 Å². The highest BCUT2D eigenvalue weighted by Gasteiger charge is 2.20. The van der Waals surface area contributed by atoms with Gasteiger partial charge in [-0.1, -0.05) is 29.8 Å². The predicted molar refractivity (Wildman–Crippen MR) is 88.2 cm³/mol. The SMILES string of the molecule is COc1ccc(Cl)cc1C(=O)n1cc(C(N)=O)c2ccccc21. The fraction of sp³-hybridized carbons (Fsp3) is 0.0588. The molecule has 0 radical (unpaired) electrons. The first-order valence-corrected chi connectivity index (χ1v) is 7.19. The summed E-state index contributed by atoms with van der Waals surface area (Å²) in [7, 11) is 1.47. The Morgan fingerprint density at radius 1 is 1.13 bits per heavy atom. The molecule has 116 valence electrons. The molecule has 1 aromatic heterocycles. The maximum absolute atomic E-state index is 12.9. The lowest BCUT2D eigenvalue weighted by Gasteiger charge is -2.09. The van der Waals surface area contributed by atoms with Gasteiger partial charge in [-0.15, -0.1) is 0 Å². The molecule has 0 bridgehead atoms. The molecule has 0 aliphatic carbocycles. The Morgan fingerprint density at radius 2 is 1.87 bits per heavy atom. The van der Waals surface area contributed by atoms with Gasteiger partial charge in [0.25, 0.3) is 11.8 Å². The Hall–Kier alpha value is -2.79. The van der Waals surface area contributed by atoms with Crippen LogP contribution in [0.3, 0.4) is 0 Å². The molecule has 0 saturated carbocycles. The highest BCUT2D eigenvalue weighted by molar-refractivity contribution is 6.31. The number of methoxy groups -OCH3 is 1. The summed E-state index contributed by atoms with van der Waals surface area (Å²) in [5.41, 5.74) is 6.58. The molecule has 2 N–H and O–H groups in total. The van der Waals surface area contributed by atoms with Gasteiger partial charge in [-0.05, 0) is 24.3 Å². The maximum Gasteiger partial charge on any atom is 0.266 e. The number of para-hydroxylation sites is 1. The number of nitrogens with zero attached hydrogens (tertiary/aromatic N) is 1. The standard InChI is InChI=1S/C17H13ClN2O3/c1-23-15-7-6-10(18)8-12(15)17(22)20-9-13(16(19)21)11-4-2-3-5-14(11)20/h2-9H,1H3,(H2,19,21). The molecule has 23 heavy (non-hydrogen) atoms. The molecule has 0 fully saturated rings. The van der Waals surface area contributed by atoms with Gasteiger partial charge in [0.15, 0.2) is 0 Å². The zero-order valence-electron chi connectivity index (χ0n) is 12.2. The number of rotatable bonds is 3. The smallest absolute Gasteiger partial charge is 0.266 e. The van der Waals surface area contributed by atoms with Crippen LogP contribution in [-0.4, -0.2) is 23.5 Å². The summed E-state index contributed by atoms with van der Waals surface area (Å²) < 4.78 is 6.60. The van der Waals surface area contributed by atoms with Gasteiger partial charge in [0.05, 0.1) is 23.8 Å². The first-order valence-electron chi connectivity index (χ1n) is 6.81. The Labute approximate surface area is 137 Å². The van der Waals surface area contributed by atoms with Crippen LogP contribution in [-0.2, 0) is 0 Å². The van der Waals surface area contributed by atoms with E-state index in [0.717, 1.165) is 0 Å². The van der Waals surface area contributed by atoms with Gasteiger partial charge >= 0.3 is 0 Å². The lowest BCUT2D eigenvalue weighted by molar-refractivity contribution is 0.0962. The highest BCUT2D eigenvalue weighted by atomic mass is 35.5. The lowest BCUT2D eigenvalue weighted by Crippen LogP contribution is -2.13. The predicted octanol–water partition coefficient (Wildman–Crippen LogP) is 3.09. The first-order chi connectivity index (χ1) is 11.0. The maximum atomic E-state index is 12.9. The molecule has 6 heteroatoms. The fourth-order valence-corrected chi connectivity index (χ4v) is 2.69. The number of carbonyl (C=O) groups excluding carboxylic acids is 2. The summed E-state index contributed by atoms with van der Waals surface area (Å²) in [5.74, 6) is -0.545. The second-order valence-corrected chi connectivity index (χ2v) is 5.38. The normalized spacial score (nSPS) is 10.7. The molecule has 5 nitrogen and oxygen atoms in total. The summed E-state index contributed by atoms with van der Waals surface area (Å²) in [6.45, 7) is 0. The van der Waals surface area contributed by atoms with Gasteiger partial charge in [0, 0.05) is 16.6 Å². The molecule has 0 spiro atoms. The lowest BCUT2D eigenvalue weighted by atomic mass is 10.1. The van der Waals surface area contributed by atoms with E-state index >= 15 is 0 Å². The topological polar surface area (TPSA) is 74.3 Å². The van der Waals surface area contributed by atoms with Crippen LogP contribution < -0.4 is 10.5 Å². The van der Waals surface area contributed by atoms with Crippen molar-refractivity contribution >= 4 is 34.3 Å². The summed E-state index contributed by atoms with van der Waals surface area (Å²) in [5, 5.41) is 1.04. The summed E-state index contributed by atoms with van der Waals surface area (Å²) in [4.78, 5) is 24.5. The van der Waals surface area contributed by atoms with Gasteiger partial charge in [-0.2, -0.15) is 0 Å². The zero-order valence-corrected chi connectivity index (χ0v) is 13.0. The van der Waals surface area contributed by atoms with Gasteiger partial charge in [-0.25, -0.2) is 0 Å². The monoisotopic (exact) mass is 328 g/mol. The fourth-order valence-electron chi connectivity index (χ4n) is 2.52. The van der Waals surface area contributed by atoms with E-state index in [1.54, 1.807) is 36.4 Å². The van der Waals surface area contributed by atoms with Crippen LogP contribution in [0.4, 0.5) is 0 Å². The molecule has 1 amide bonds. The van der Waals surface area contributed by atoms with Crippen LogP contribution in [0.15, 0.2) is 48.7 Å². The van der Waals surface area contributed by atoms with Crippen LogP contribution in [0.5, 0.6) is 5.75 Å². The van der Waals surface area contributed by atoms with E-state index in [4.69, 9.17) is 22.1 Å². The van der Waals surface area contributed by atoms with Crippen molar-refractivity contribution in [1.82, 2.24) is 4.57 Å². The number of amides is 1. The third-order valence-electron chi connectivity index (χ3n) is 3.59. The van der Waals surface area contributed by atoms with E-state index in [0.29, 0.717) is 27.2 Å². The van der Waals surface area contributed by atoms with Gasteiger partial charge in [0.2, 0.25) is 0 Å². The second-order valence-electron chi connectivity index (χ2n) is 4.94. The van der Waals surface area contributed by atoms with Gasteiger partial charge in [-0.3, -0.25) is 14.2 Å². The second kappa shape index (κ2) is 5.78. The molecule has 0 saturated heterocycles. The molecule has 3 rings (SSSR count). The number of hydrogen-bond donors (Lipinski definition) is 1. The Balaban J connectivity index is 2.23. The van der Waals surface area contributed by atoms with Gasteiger partial charge < -0.3 is 10.5 Å². The number of primary amides is 1. The number of halogens is 1. The largest absolute Gasteiger partial charge is 0.496 e. The molecule has 3 aromatic rings. The van der Waals surface area contributed by atoms with Gasteiger partial charge in [0.1, 0.15) is 5.75 Å². The van der Waals surface area contributed by atoms with Crippen molar-refractivity contribution in [1.29, 1.82) is 0 Å². The first kappa shape index (κ1) is 15.1. The third-order valence-corrected chi connectivity index (χ3v) is 3.82. The third kappa shape index (κ3) is 2.55. The minimum absolute atomic E-state index is 0.287. The minimum Gasteiger partial charge on any atom is -0.496 e. The average Bonchev–Trinajstić information content (AvgIpc) is 2.94. The van der Waals surface area contributed by atoms with Crippen molar-refractivity contribution in [3.63, 3.8) is 0 Å². The van der Waals surface area contributed by atoms with Crippen LogP contribution in [0.2, 0.25) is 5.02 Å². The van der Waals surface area contributed by atoms with Crippen molar-refractivity contribution in [3.05, 3.63) is 64.8 Å². The van der Waals surface area contributed by atoms with Crippen molar-refractivity contribution in [2.24, 2.45) is 5.73 Å². The van der Waals surface area contributed by atoms with E-state index < -0.39 is 5.91 Å². The molecular formula is C17H13ClN2O3. The van der Waals surface area contributed by atoms with Crippen LogP contribution in [0.1, 0.15) is 20.7 Å². The molecular weight excluding hydrogens is 316 g/mol. The summed E-state index contributed by atoms with van der Waals surface area (Å²) in [6.07, 6.45) is 1.44. The Morgan fingerprint density at radius 3 is 2.57 bits per heavy atom. The minimum atomic E-state index is -0.592. The number of aromatic nitrogens is 1. The number of nitrogens with two attached hydrogens (primary N) is 1. The number of benzene rings is 2. The van der Waals surface area contributed by atoms with E-state index in [9.17, 15) is 9.59 Å². The zero-order chi connectivity index (χ0) is 16.6. The molecule has 2 aromatic carbocycles. The number of hydrogen-bond acceptors (Lipinski definition) is 3. The van der Waals surface area contributed by atoms with Crippen LogP contribution in [0, 0.1) is 0 Å². The Bertz CT molecular complexity index is 931. The summed E-state index contributed by atoms with van der Waals surface area (Å²) in [6, 6.07) is 11.8. The molecule has 0 unspecified atom stereocenters. The quantitative estimate of drug-likeness (QED) is 0.802. The van der Waals surface area contributed by atoms with E-state index in [-0.39, 0.29) is 11.5 Å². The van der Waals surface area contributed by atoms with Crippen molar-refractivity contribution < 1.29 is 14.3 Å². The molecule has 0 atom stereocenters. The molecule has 1 heterocycles. The highest BCUT2D eigenvalue weighted by Crippen LogP contribution is 2.27. The van der Waals surface area contributed by atoms with Crippen molar-refractivity contribution in [3.8, 4) is 5.75 Å². The number of fused-ring (bicyclic) bond motifs is 1. The number of carbonyl (C=O) groups is 2. The van der Waals surface area contributed by atoms with Crippen LogP contribution >= 0.6 is 11.6 Å². The average molecular weight is 329 g/mol. The molecule has 0 aliphatic rings. The molecule has 0 aliphatic heterocycles. The van der Waals surface area contributed by atoms with E-state index in [1.165, 1.54) is 23.9 Å². The van der Waals surface area contributed by atoms with Crippen molar-refractivity contribution in [2.45, 2.75) is 0 Å².